The molecule has 1 aromatic carbocycles. The minimum atomic E-state index is -0.663. The molecule has 0 radical (unpaired) electrons. The third kappa shape index (κ3) is 4.01. The highest BCUT2D eigenvalue weighted by Gasteiger charge is 2.35. The van der Waals surface area contributed by atoms with Gasteiger partial charge in [0.2, 0.25) is 0 Å². The fraction of sp³-hybridized carbons (Fsp3) is 0.286. The molecule has 8 nitrogen and oxygen atoms in total. The van der Waals surface area contributed by atoms with Gasteiger partial charge in [-0.3, -0.25) is 9.59 Å². The number of amides is 3. The Hall–Kier alpha value is -3.55. The number of hydrogen-bond acceptors (Lipinski definition) is 5. The molecule has 29 heavy (non-hydrogen) atoms. The van der Waals surface area contributed by atoms with Gasteiger partial charge in [-0.2, -0.15) is 0 Å². The maximum Gasteiger partial charge on any atom is 0.329 e. The van der Waals surface area contributed by atoms with Crippen LogP contribution in [0.1, 0.15) is 23.9 Å². The van der Waals surface area contributed by atoms with Crippen LogP contribution in [0.2, 0.25) is 0 Å². The Kier molecular flexibility index (Phi) is 5.72. The highest BCUT2D eigenvalue weighted by Crippen LogP contribution is 2.25. The third-order valence-electron chi connectivity index (χ3n) is 4.65. The van der Waals surface area contributed by atoms with E-state index in [0.717, 1.165) is 33.3 Å². The number of carbonyl (C=O) groups excluding carboxylic acids is 3. The third-order valence-corrected chi connectivity index (χ3v) is 4.65. The number of ether oxygens (including phenoxy) is 2. The van der Waals surface area contributed by atoms with E-state index in [1.807, 2.05) is 51.1 Å². The lowest BCUT2D eigenvalue weighted by atomic mass is 10.2. The Morgan fingerprint density at radius 2 is 1.86 bits per heavy atom. The number of carbonyl (C=O) groups is 3. The quantitative estimate of drug-likeness (QED) is 0.460. The Morgan fingerprint density at radius 3 is 2.48 bits per heavy atom. The van der Waals surface area contributed by atoms with Gasteiger partial charge in [0.15, 0.2) is 0 Å². The van der Waals surface area contributed by atoms with Crippen molar-refractivity contribution in [2.75, 3.05) is 20.3 Å². The summed E-state index contributed by atoms with van der Waals surface area (Å²) in [6.45, 7) is 6.01. The standard InChI is InChI=1S/C21H23N3O5/c1-5-29-17-8-6-16(7-9-17)24-13(2)10-15(14(24)3)11-18-20(26)23(21(27)22-18)12-19(25)28-4/h6-11H,5,12H2,1-4H3,(H,22,27)/b18-11+. The number of nitrogens with one attached hydrogen (secondary N) is 1. The second-order valence-electron chi connectivity index (χ2n) is 6.54. The van der Waals surface area contributed by atoms with Crippen LogP contribution in [0.25, 0.3) is 11.8 Å². The van der Waals surface area contributed by atoms with E-state index in [9.17, 15) is 14.4 Å². The van der Waals surface area contributed by atoms with Crippen molar-refractivity contribution in [2.24, 2.45) is 0 Å². The fourth-order valence-corrected chi connectivity index (χ4v) is 3.25. The summed E-state index contributed by atoms with van der Waals surface area (Å²) in [6, 6.07) is 9.02. The normalized spacial score (nSPS) is 15.0. The number of hydrogen-bond donors (Lipinski definition) is 1. The molecular weight excluding hydrogens is 374 g/mol. The Labute approximate surface area is 168 Å². The molecular formula is C21H23N3O5. The highest BCUT2D eigenvalue weighted by molar-refractivity contribution is 6.15. The van der Waals surface area contributed by atoms with Crippen molar-refractivity contribution in [3.63, 3.8) is 0 Å². The van der Waals surface area contributed by atoms with Gasteiger partial charge in [0, 0.05) is 17.1 Å². The molecule has 1 fully saturated rings. The van der Waals surface area contributed by atoms with Crippen molar-refractivity contribution in [1.82, 2.24) is 14.8 Å². The lowest BCUT2D eigenvalue weighted by molar-refractivity contribution is -0.143. The Balaban J connectivity index is 1.89. The summed E-state index contributed by atoms with van der Waals surface area (Å²) in [7, 11) is 1.20. The second-order valence-corrected chi connectivity index (χ2v) is 6.54. The first kappa shape index (κ1) is 20.2. The Bertz CT molecular complexity index is 988. The van der Waals surface area contributed by atoms with Crippen molar-refractivity contribution in [3.05, 3.63) is 53.0 Å². The minimum absolute atomic E-state index is 0.117. The van der Waals surface area contributed by atoms with E-state index in [-0.39, 0.29) is 5.70 Å². The summed E-state index contributed by atoms with van der Waals surface area (Å²) in [5, 5.41) is 2.51. The van der Waals surface area contributed by atoms with Gasteiger partial charge in [0.25, 0.3) is 5.91 Å². The zero-order chi connectivity index (χ0) is 21.1. The zero-order valence-corrected chi connectivity index (χ0v) is 16.8. The highest BCUT2D eigenvalue weighted by atomic mass is 16.5. The van der Waals surface area contributed by atoms with Gasteiger partial charge in [0.05, 0.1) is 13.7 Å². The fourth-order valence-electron chi connectivity index (χ4n) is 3.25. The SMILES string of the molecule is CCOc1ccc(-n2c(C)cc(/C=C3/NC(=O)N(CC(=O)OC)C3=O)c2C)cc1. The van der Waals surface area contributed by atoms with Crippen LogP contribution in [0.15, 0.2) is 36.0 Å². The molecule has 152 valence electrons. The van der Waals surface area contributed by atoms with Crippen molar-refractivity contribution >= 4 is 24.0 Å². The maximum absolute atomic E-state index is 12.5. The van der Waals surface area contributed by atoms with E-state index < -0.39 is 24.5 Å². The van der Waals surface area contributed by atoms with Crippen molar-refractivity contribution in [1.29, 1.82) is 0 Å². The molecule has 1 saturated heterocycles. The summed E-state index contributed by atoms with van der Waals surface area (Å²) in [5.41, 5.74) is 3.75. The molecule has 0 atom stereocenters. The van der Waals surface area contributed by atoms with Crippen LogP contribution in [0.4, 0.5) is 4.79 Å². The van der Waals surface area contributed by atoms with Crippen LogP contribution in [-0.4, -0.2) is 47.6 Å². The lowest BCUT2D eigenvalue weighted by Crippen LogP contribution is -2.36. The van der Waals surface area contributed by atoms with E-state index in [4.69, 9.17) is 4.74 Å². The lowest BCUT2D eigenvalue weighted by Gasteiger charge is -2.11. The number of urea groups is 1. The van der Waals surface area contributed by atoms with Crippen LogP contribution in [0.3, 0.4) is 0 Å². The first-order valence-electron chi connectivity index (χ1n) is 9.19. The number of nitrogens with zero attached hydrogens (tertiary/aromatic N) is 2. The summed E-state index contributed by atoms with van der Waals surface area (Å²) in [4.78, 5) is 36.8. The van der Waals surface area contributed by atoms with Gasteiger partial charge >= 0.3 is 12.0 Å². The molecule has 1 aliphatic heterocycles. The van der Waals surface area contributed by atoms with Crippen molar-refractivity contribution < 1.29 is 23.9 Å². The van der Waals surface area contributed by atoms with Gasteiger partial charge in [-0.1, -0.05) is 0 Å². The average molecular weight is 397 g/mol. The molecule has 0 bridgehead atoms. The summed E-state index contributed by atoms with van der Waals surface area (Å²) < 4.78 is 12.1. The molecule has 2 heterocycles. The summed E-state index contributed by atoms with van der Waals surface area (Å²) >= 11 is 0. The first-order valence-corrected chi connectivity index (χ1v) is 9.19. The topological polar surface area (TPSA) is 89.9 Å². The molecule has 1 aromatic heterocycles. The monoisotopic (exact) mass is 397 g/mol. The first-order chi connectivity index (χ1) is 13.8. The number of aryl methyl sites for hydroxylation is 1. The van der Waals surface area contributed by atoms with Gasteiger partial charge < -0.3 is 19.4 Å². The molecule has 0 unspecified atom stereocenters. The molecule has 0 spiro atoms. The van der Waals surface area contributed by atoms with E-state index in [1.165, 1.54) is 7.11 Å². The van der Waals surface area contributed by atoms with Gasteiger partial charge in [-0.15, -0.1) is 0 Å². The van der Waals surface area contributed by atoms with Crippen molar-refractivity contribution in [3.8, 4) is 11.4 Å². The second kappa shape index (κ2) is 8.22. The average Bonchev–Trinajstić information content (AvgIpc) is 3.12. The summed E-state index contributed by atoms with van der Waals surface area (Å²) in [6.07, 6.45) is 1.62. The van der Waals surface area contributed by atoms with Crippen LogP contribution in [-0.2, 0) is 14.3 Å². The Morgan fingerprint density at radius 1 is 1.17 bits per heavy atom. The van der Waals surface area contributed by atoms with E-state index in [0.29, 0.717) is 6.61 Å². The van der Waals surface area contributed by atoms with Crippen molar-refractivity contribution in [2.45, 2.75) is 20.8 Å². The molecule has 1 N–H and O–H groups in total. The largest absolute Gasteiger partial charge is 0.494 e. The molecule has 3 rings (SSSR count). The maximum atomic E-state index is 12.5. The minimum Gasteiger partial charge on any atom is -0.494 e. The predicted octanol–water partition coefficient (Wildman–Crippen LogP) is 2.56. The van der Waals surface area contributed by atoms with Crippen LogP contribution in [0, 0.1) is 13.8 Å². The smallest absolute Gasteiger partial charge is 0.329 e. The van der Waals surface area contributed by atoms with E-state index >= 15 is 0 Å². The number of rotatable bonds is 6. The molecule has 1 aliphatic rings. The predicted molar refractivity (Wildman–Crippen MR) is 107 cm³/mol. The van der Waals surface area contributed by atoms with E-state index in [2.05, 4.69) is 14.6 Å². The van der Waals surface area contributed by atoms with Gasteiger partial charge in [-0.25, -0.2) is 9.69 Å². The molecule has 3 amide bonds. The number of benzene rings is 1. The molecule has 0 aliphatic carbocycles. The van der Waals surface area contributed by atoms with Gasteiger partial charge in [-0.05, 0) is 62.7 Å². The van der Waals surface area contributed by atoms with Gasteiger partial charge in [0.1, 0.15) is 18.0 Å². The zero-order valence-electron chi connectivity index (χ0n) is 16.8. The van der Waals surface area contributed by atoms with Crippen LogP contribution in [0.5, 0.6) is 5.75 Å². The molecule has 8 heteroatoms. The number of imide groups is 1. The van der Waals surface area contributed by atoms with Crippen LogP contribution < -0.4 is 10.1 Å². The number of aromatic nitrogens is 1. The summed E-state index contributed by atoms with van der Waals surface area (Å²) in [5.74, 6) is -0.430. The van der Waals surface area contributed by atoms with E-state index in [1.54, 1.807) is 6.08 Å². The molecule has 0 saturated carbocycles. The number of methoxy groups -OCH3 is 1. The molecule has 2 aromatic rings. The van der Waals surface area contributed by atoms with Crippen LogP contribution >= 0.6 is 0 Å². The number of esters is 1.